The number of hydrogen-bond acceptors (Lipinski definition) is 5. The molecule has 1 aliphatic heterocycles. The molecule has 162 valence electrons. The summed E-state index contributed by atoms with van der Waals surface area (Å²) < 4.78 is 11.0. The minimum atomic E-state index is -0.277. The highest BCUT2D eigenvalue weighted by Gasteiger charge is 2.29. The van der Waals surface area contributed by atoms with Crippen molar-refractivity contribution >= 4 is 40.9 Å². The Morgan fingerprint density at radius 3 is 2.68 bits per heavy atom. The lowest BCUT2D eigenvalue weighted by atomic mass is 10.1. The largest absolute Gasteiger partial charge is 0.493 e. The lowest BCUT2D eigenvalue weighted by Crippen LogP contribution is -2.31. The average molecular weight is 440 g/mol. The fourth-order valence-corrected chi connectivity index (χ4v) is 3.30. The van der Waals surface area contributed by atoms with Crippen molar-refractivity contribution in [3.8, 4) is 11.5 Å². The van der Waals surface area contributed by atoms with Crippen LogP contribution in [0.4, 0.5) is 5.69 Å². The molecule has 0 radical (unpaired) electrons. The van der Waals surface area contributed by atoms with Gasteiger partial charge in [0.25, 0.3) is 11.8 Å². The molecule has 0 unspecified atom stereocenters. The van der Waals surface area contributed by atoms with Crippen molar-refractivity contribution in [2.24, 2.45) is 0 Å². The van der Waals surface area contributed by atoms with Gasteiger partial charge in [-0.05, 0) is 54.5 Å². The van der Waals surface area contributed by atoms with E-state index in [1.165, 1.54) is 7.11 Å². The highest BCUT2D eigenvalue weighted by molar-refractivity contribution is 7.80. The zero-order chi connectivity index (χ0) is 22.2. The van der Waals surface area contributed by atoms with Gasteiger partial charge in [0, 0.05) is 12.2 Å². The molecule has 1 fully saturated rings. The molecule has 2 amide bonds. The number of rotatable bonds is 9. The second-order valence-corrected chi connectivity index (χ2v) is 7.30. The van der Waals surface area contributed by atoms with E-state index in [-0.39, 0.29) is 18.4 Å². The lowest BCUT2D eigenvalue weighted by Gasteiger charge is -2.12. The van der Waals surface area contributed by atoms with Crippen molar-refractivity contribution in [2.75, 3.05) is 25.6 Å². The molecule has 0 aromatic heterocycles. The number of benzene rings is 2. The summed E-state index contributed by atoms with van der Waals surface area (Å²) in [6.07, 6.45) is 3.58. The molecule has 0 saturated carbocycles. The third-order valence-corrected chi connectivity index (χ3v) is 4.94. The minimum absolute atomic E-state index is 0.143. The van der Waals surface area contributed by atoms with E-state index in [1.807, 2.05) is 18.2 Å². The number of anilines is 1. The van der Waals surface area contributed by atoms with Gasteiger partial charge in [-0.1, -0.05) is 37.6 Å². The number of nitrogens with one attached hydrogen (secondary N) is 2. The normalized spacial score (nSPS) is 14.5. The summed E-state index contributed by atoms with van der Waals surface area (Å²) in [7, 11) is 1.52. The van der Waals surface area contributed by atoms with Crippen molar-refractivity contribution in [1.82, 2.24) is 10.2 Å². The second kappa shape index (κ2) is 10.6. The van der Waals surface area contributed by atoms with Gasteiger partial charge in [-0.3, -0.25) is 14.5 Å². The Morgan fingerprint density at radius 2 is 1.97 bits per heavy atom. The van der Waals surface area contributed by atoms with Gasteiger partial charge in [0.2, 0.25) is 0 Å². The quantitative estimate of drug-likeness (QED) is 0.459. The van der Waals surface area contributed by atoms with Crippen LogP contribution in [0.1, 0.15) is 25.3 Å². The van der Waals surface area contributed by atoms with Gasteiger partial charge in [0.1, 0.15) is 5.70 Å². The molecule has 0 aliphatic carbocycles. The number of ether oxygens (including phenoxy) is 2. The molecule has 2 aromatic carbocycles. The topological polar surface area (TPSA) is 79.9 Å². The van der Waals surface area contributed by atoms with Gasteiger partial charge in [0.15, 0.2) is 23.2 Å². The first-order valence-corrected chi connectivity index (χ1v) is 10.4. The molecule has 1 saturated heterocycles. The standard InChI is InChI=1S/C23H25N3O4S/c1-3-4-12-26-22(28)18(25-23(26)31)13-16-10-11-19(20(14-16)29-2)30-15-21(27)24-17-8-6-5-7-9-17/h5-11,13-14H,3-4,12,15H2,1-2H3,(H,24,27)(H,25,31)/b18-13+. The minimum Gasteiger partial charge on any atom is -0.493 e. The molecule has 7 nitrogen and oxygen atoms in total. The number of amides is 2. The summed E-state index contributed by atoms with van der Waals surface area (Å²) in [6, 6.07) is 14.4. The fourth-order valence-electron chi connectivity index (χ4n) is 3.01. The molecule has 0 atom stereocenters. The van der Waals surface area contributed by atoms with E-state index >= 15 is 0 Å². The number of carbonyl (C=O) groups is 2. The SMILES string of the molecule is CCCCN1C(=O)/C(=C\c2ccc(OCC(=O)Nc3ccccc3)c(OC)c2)NC1=S. The van der Waals surface area contributed by atoms with Gasteiger partial charge in [-0.25, -0.2) is 0 Å². The third kappa shape index (κ3) is 5.82. The van der Waals surface area contributed by atoms with Crippen LogP contribution in [0, 0.1) is 0 Å². The second-order valence-electron chi connectivity index (χ2n) is 6.91. The summed E-state index contributed by atoms with van der Waals surface area (Å²) in [5, 5.41) is 6.15. The maximum atomic E-state index is 12.6. The number of carbonyl (C=O) groups excluding carboxylic acids is 2. The van der Waals surface area contributed by atoms with Crippen LogP contribution in [-0.2, 0) is 9.59 Å². The summed E-state index contributed by atoms with van der Waals surface area (Å²) in [5.74, 6) is 0.465. The average Bonchev–Trinajstić information content (AvgIpc) is 3.04. The smallest absolute Gasteiger partial charge is 0.276 e. The van der Waals surface area contributed by atoms with Crippen LogP contribution in [0.5, 0.6) is 11.5 Å². The third-order valence-electron chi connectivity index (χ3n) is 4.61. The molecule has 2 N–H and O–H groups in total. The monoisotopic (exact) mass is 439 g/mol. The Balaban J connectivity index is 1.66. The van der Waals surface area contributed by atoms with Crippen LogP contribution in [0.3, 0.4) is 0 Å². The van der Waals surface area contributed by atoms with Crippen molar-refractivity contribution in [2.45, 2.75) is 19.8 Å². The summed E-state index contributed by atoms with van der Waals surface area (Å²) >= 11 is 5.27. The molecule has 1 aliphatic rings. The number of unbranched alkanes of at least 4 members (excludes halogenated alkanes) is 1. The lowest BCUT2D eigenvalue weighted by molar-refractivity contribution is -0.122. The number of methoxy groups -OCH3 is 1. The molecule has 31 heavy (non-hydrogen) atoms. The van der Waals surface area contributed by atoms with Crippen LogP contribution in [0.2, 0.25) is 0 Å². The van der Waals surface area contributed by atoms with Gasteiger partial charge >= 0.3 is 0 Å². The highest BCUT2D eigenvalue weighted by Crippen LogP contribution is 2.29. The predicted molar refractivity (Wildman–Crippen MR) is 124 cm³/mol. The molecule has 8 heteroatoms. The Labute approximate surface area is 187 Å². The molecule has 0 spiro atoms. The summed E-state index contributed by atoms with van der Waals surface area (Å²) in [5.41, 5.74) is 1.86. The van der Waals surface area contributed by atoms with Gasteiger partial charge in [-0.2, -0.15) is 0 Å². The predicted octanol–water partition coefficient (Wildman–Crippen LogP) is 3.57. The van der Waals surface area contributed by atoms with E-state index in [0.29, 0.717) is 34.5 Å². The maximum absolute atomic E-state index is 12.6. The van der Waals surface area contributed by atoms with Crippen molar-refractivity contribution in [1.29, 1.82) is 0 Å². The van der Waals surface area contributed by atoms with Crippen LogP contribution in [0.25, 0.3) is 6.08 Å². The Morgan fingerprint density at radius 1 is 1.19 bits per heavy atom. The van der Waals surface area contributed by atoms with Crippen LogP contribution < -0.4 is 20.1 Å². The van der Waals surface area contributed by atoms with E-state index in [4.69, 9.17) is 21.7 Å². The first kappa shape index (κ1) is 22.3. The number of para-hydroxylation sites is 1. The molecule has 1 heterocycles. The molecular formula is C23H25N3O4S. The van der Waals surface area contributed by atoms with Crippen LogP contribution >= 0.6 is 12.2 Å². The van der Waals surface area contributed by atoms with E-state index < -0.39 is 0 Å². The fraction of sp³-hybridized carbons (Fsp3) is 0.261. The molecule has 3 rings (SSSR count). The van der Waals surface area contributed by atoms with E-state index in [1.54, 1.807) is 41.3 Å². The van der Waals surface area contributed by atoms with Gasteiger partial charge < -0.3 is 20.1 Å². The van der Waals surface area contributed by atoms with Crippen molar-refractivity contribution in [3.63, 3.8) is 0 Å². The number of thiocarbonyl (C=S) groups is 1. The van der Waals surface area contributed by atoms with Crippen LogP contribution in [-0.4, -0.2) is 42.1 Å². The molecule has 0 bridgehead atoms. The van der Waals surface area contributed by atoms with E-state index in [9.17, 15) is 9.59 Å². The first-order chi connectivity index (χ1) is 15.0. The van der Waals surface area contributed by atoms with Crippen molar-refractivity contribution < 1.29 is 19.1 Å². The van der Waals surface area contributed by atoms with Crippen molar-refractivity contribution in [3.05, 3.63) is 59.8 Å². The summed E-state index contributed by atoms with van der Waals surface area (Å²) in [4.78, 5) is 26.3. The Hall–Kier alpha value is -3.39. The zero-order valence-corrected chi connectivity index (χ0v) is 18.3. The molecule has 2 aromatic rings. The molecular weight excluding hydrogens is 414 g/mol. The highest BCUT2D eigenvalue weighted by atomic mass is 32.1. The van der Waals surface area contributed by atoms with Gasteiger partial charge in [0.05, 0.1) is 7.11 Å². The van der Waals surface area contributed by atoms with E-state index in [0.717, 1.165) is 18.4 Å². The number of hydrogen-bond donors (Lipinski definition) is 2. The van der Waals surface area contributed by atoms with E-state index in [2.05, 4.69) is 17.6 Å². The Kier molecular flexibility index (Phi) is 7.61. The first-order valence-electron chi connectivity index (χ1n) is 10.0. The number of nitrogens with zero attached hydrogens (tertiary/aromatic N) is 1. The zero-order valence-electron chi connectivity index (χ0n) is 17.5. The summed E-state index contributed by atoms with van der Waals surface area (Å²) in [6.45, 7) is 2.50. The maximum Gasteiger partial charge on any atom is 0.276 e. The van der Waals surface area contributed by atoms with Gasteiger partial charge in [-0.15, -0.1) is 0 Å². The Bertz CT molecular complexity index is 992. The van der Waals surface area contributed by atoms with Crippen LogP contribution in [0.15, 0.2) is 54.2 Å².